The number of non-ortho nitro benzene ring substituents is 1. The van der Waals surface area contributed by atoms with Crippen LogP contribution in [0.3, 0.4) is 0 Å². The van der Waals surface area contributed by atoms with Gasteiger partial charge in [-0.2, -0.15) is 0 Å². The van der Waals surface area contributed by atoms with E-state index in [2.05, 4.69) is 0 Å². The van der Waals surface area contributed by atoms with Crippen molar-refractivity contribution in [1.29, 1.82) is 0 Å². The Bertz CT molecular complexity index is 420. The van der Waals surface area contributed by atoms with Crippen LogP contribution < -0.4 is 0 Å². The van der Waals surface area contributed by atoms with Crippen LogP contribution >= 0.6 is 0 Å². The van der Waals surface area contributed by atoms with E-state index >= 15 is 0 Å². The van der Waals surface area contributed by atoms with Gasteiger partial charge in [-0.1, -0.05) is 0 Å². The Hall–Kier alpha value is -1.99. The van der Waals surface area contributed by atoms with Gasteiger partial charge >= 0.3 is 0 Å². The summed E-state index contributed by atoms with van der Waals surface area (Å²) in [5.74, 6) is 0. The number of carbonyl (C=O) groups is 1. The van der Waals surface area contributed by atoms with Crippen LogP contribution in [0.4, 0.5) is 5.69 Å². The SMILES string of the molecule is CN(C=O)[C@@H](CO)[C@@H](O)c1ccc([N+](=O)[O-])cc1. The van der Waals surface area contributed by atoms with Gasteiger partial charge in [-0.15, -0.1) is 0 Å². The normalized spacial score (nSPS) is 13.7. The first kappa shape index (κ1) is 14.1. The molecule has 0 aliphatic rings. The summed E-state index contributed by atoms with van der Waals surface area (Å²) >= 11 is 0. The Morgan fingerprint density at radius 2 is 2.00 bits per heavy atom. The third kappa shape index (κ3) is 3.02. The zero-order valence-corrected chi connectivity index (χ0v) is 9.76. The van der Waals surface area contributed by atoms with Crippen LogP contribution in [0.2, 0.25) is 0 Å². The van der Waals surface area contributed by atoms with Crippen molar-refractivity contribution in [3.63, 3.8) is 0 Å². The fourth-order valence-electron chi connectivity index (χ4n) is 1.54. The number of amides is 1. The van der Waals surface area contributed by atoms with Crippen molar-refractivity contribution in [3.8, 4) is 0 Å². The average molecular weight is 254 g/mol. The number of rotatable bonds is 6. The van der Waals surface area contributed by atoms with Gasteiger partial charge in [-0.25, -0.2) is 0 Å². The highest BCUT2D eigenvalue weighted by atomic mass is 16.6. The fraction of sp³-hybridized carbons (Fsp3) is 0.364. The maximum absolute atomic E-state index is 10.6. The summed E-state index contributed by atoms with van der Waals surface area (Å²) in [5.41, 5.74) is 0.309. The number of nitrogens with zero attached hydrogens (tertiary/aromatic N) is 2. The summed E-state index contributed by atoms with van der Waals surface area (Å²) in [4.78, 5) is 21.7. The van der Waals surface area contributed by atoms with Crippen LogP contribution in [0.25, 0.3) is 0 Å². The number of nitro groups is 1. The van der Waals surface area contributed by atoms with Crippen molar-refractivity contribution < 1.29 is 19.9 Å². The van der Waals surface area contributed by atoms with Crippen LogP contribution in [0, 0.1) is 10.1 Å². The van der Waals surface area contributed by atoms with E-state index in [1.807, 2.05) is 0 Å². The molecule has 2 N–H and O–H groups in total. The molecule has 0 saturated heterocycles. The van der Waals surface area contributed by atoms with Crippen molar-refractivity contribution >= 4 is 12.1 Å². The van der Waals surface area contributed by atoms with Gasteiger partial charge in [0.05, 0.1) is 17.6 Å². The lowest BCUT2D eigenvalue weighted by atomic mass is 10.0. The zero-order valence-electron chi connectivity index (χ0n) is 9.76. The molecule has 0 aliphatic heterocycles. The van der Waals surface area contributed by atoms with E-state index in [1.54, 1.807) is 0 Å². The molecule has 0 heterocycles. The van der Waals surface area contributed by atoms with Crippen LogP contribution in [0.15, 0.2) is 24.3 Å². The van der Waals surface area contributed by atoms with E-state index in [-0.39, 0.29) is 5.69 Å². The lowest BCUT2D eigenvalue weighted by Gasteiger charge is -2.27. The number of benzene rings is 1. The molecule has 98 valence electrons. The molecule has 1 amide bonds. The number of nitro benzene ring substituents is 1. The van der Waals surface area contributed by atoms with E-state index in [0.717, 1.165) is 4.90 Å². The van der Waals surface area contributed by atoms with Gasteiger partial charge in [0.15, 0.2) is 0 Å². The Morgan fingerprint density at radius 3 is 2.39 bits per heavy atom. The van der Waals surface area contributed by atoms with Gasteiger partial charge in [-0.3, -0.25) is 14.9 Å². The van der Waals surface area contributed by atoms with Crippen molar-refractivity contribution in [2.75, 3.05) is 13.7 Å². The highest BCUT2D eigenvalue weighted by Gasteiger charge is 2.24. The molecule has 0 radical (unpaired) electrons. The molecule has 7 nitrogen and oxygen atoms in total. The first-order chi connectivity index (χ1) is 8.51. The van der Waals surface area contributed by atoms with Crippen LogP contribution in [0.1, 0.15) is 11.7 Å². The maximum Gasteiger partial charge on any atom is 0.269 e. The zero-order chi connectivity index (χ0) is 13.7. The van der Waals surface area contributed by atoms with Gasteiger partial charge in [0, 0.05) is 19.2 Å². The van der Waals surface area contributed by atoms with E-state index in [0.29, 0.717) is 12.0 Å². The van der Waals surface area contributed by atoms with Crippen molar-refractivity contribution in [3.05, 3.63) is 39.9 Å². The van der Waals surface area contributed by atoms with Crippen molar-refractivity contribution in [1.82, 2.24) is 4.90 Å². The van der Waals surface area contributed by atoms with Crippen molar-refractivity contribution in [2.24, 2.45) is 0 Å². The standard InChI is InChI=1S/C11H14N2O5/c1-12(7-15)10(6-14)11(16)8-2-4-9(5-3-8)13(17)18/h2-5,7,10-11,14,16H,6H2,1H3/t10-,11-/m0/s1. The lowest BCUT2D eigenvalue weighted by molar-refractivity contribution is -0.384. The lowest BCUT2D eigenvalue weighted by Crippen LogP contribution is -2.38. The van der Waals surface area contributed by atoms with Crippen LogP contribution in [-0.2, 0) is 4.79 Å². The highest BCUT2D eigenvalue weighted by molar-refractivity contribution is 5.47. The Balaban J connectivity index is 2.91. The summed E-state index contributed by atoms with van der Waals surface area (Å²) in [6.45, 7) is -0.409. The van der Waals surface area contributed by atoms with Gasteiger partial charge in [-0.05, 0) is 17.7 Å². The van der Waals surface area contributed by atoms with E-state index < -0.39 is 23.7 Å². The predicted molar refractivity (Wildman–Crippen MR) is 62.8 cm³/mol. The predicted octanol–water partition coefficient (Wildman–Crippen LogP) is 0.0773. The molecule has 0 saturated carbocycles. The van der Waals surface area contributed by atoms with Gasteiger partial charge in [0.1, 0.15) is 6.10 Å². The molecule has 0 spiro atoms. The Kier molecular flexibility index (Phi) is 4.75. The van der Waals surface area contributed by atoms with E-state index in [1.165, 1.54) is 31.3 Å². The van der Waals surface area contributed by atoms with Crippen LogP contribution in [-0.4, -0.2) is 46.1 Å². The van der Waals surface area contributed by atoms with Gasteiger partial charge in [0.25, 0.3) is 5.69 Å². The molecule has 2 atom stereocenters. The number of carbonyl (C=O) groups excluding carboxylic acids is 1. The molecule has 0 bridgehead atoms. The molecular formula is C11H14N2O5. The molecule has 0 unspecified atom stereocenters. The molecule has 7 heteroatoms. The summed E-state index contributed by atoms with van der Waals surface area (Å²) in [6, 6.07) is 4.51. The molecule has 18 heavy (non-hydrogen) atoms. The topological polar surface area (TPSA) is 104 Å². The second kappa shape index (κ2) is 6.08. The monoisotopic (exact) mass is 254 g/mol. The minimum absolute atomic E-state index is 0.0877. The number of hydrogen-bond donors (Lipinski definition) is 2. The number of likely N-dealkylation sites (N-methyl/N-ethyl adjacent to an activating group) is 1. The quantitative estimate of drug-likeness (QED) is 0.425. The largest absolute Gasteiger partial charge is 0.394 e. The van der Waals surface area contributed by atoms with E-state index in [4.69, 9.17) is 5.11 Å². The fourth-order valence-corrected chi connectivity index (χ4v) is 1.54. The molecule has 1 aromatic carbocycles. The molecular weight excluding hydrogens is 240 g/mol. The van der Waals surface area contributed by atoms with Gasteiger partial charge < -0.3 is 15.1 Å². The first-order valence-electron chi connectivity index (χ1n) is 5.21. The second-order valence-electron chi connectivity index (χ2n) is 3.81. The molecule has 0 aromatic heterocycles. The van der Waals surface area contributed by atoms with Crippen LogP contribution in [0.5, 0.6) is 0 Å². The average Bonchev–Trinajstić information content (AvgIpc) is 2.39. The third-order valence-corrected chi connectivity index (χ3v) is 2.69. The Labute approximate surface area is 103 Å². The minimum atomic E-state index is -1.11. The summed E-state index contributed by atoms with van der Waals surface area (Å²) in [5, 5.41) is 29.6. The van der Waals surface area contributed by atoms with Crippen molar-refractivity contribution in [2.45, 2.75) is 12.1 Å². The third-order valence-electron chi connectivity index (χ3n) is 2.69. The van der Waals surface area contributed by atoms with Gasteiger partial charge in [0.2, 0.25) is 6.41 Å². The molecule has 1 rings (SSSR count). The highest BCUT2D eigenvalue weighted by Crippen LogP contribution is 2.22. The summed E-state index contributed by atoms with van der Waals surface area (Å²) < 4.78 is 0. The number of aliphatic hydroxyl groups is 2. The minimum Gasteiger partial charge on any atom is -0.394 e. The maximum atomic E-state index is 10.6. The summed E-state index contributed by atoms with van der Waals surface area (Å²) in [6.07, 6.45) is -0.610. The smallest absolute Gasteiger partial charge is 0.269 e. The second-order valence-corrected chi connectivity index (χ2v) is 3.81. The Morgan fingerprint density at radius 1 is 1.44 bits per heavy atom. The molecule has 0 aliphatic carbocycles. The molecule has 0 fully saturated rings. The number of aliphatic hydroxyl groups excluding tert-OH is 2. The first-order valence-corrected chi connectivity index (χ1v) is 5.21. The summed E-state index contributed by atoms with van der Waals surface area (Å²) in [7, 11) is 1.43. The molecule has 1 aromatic rings. The number of hydrogen-bond acceptors (Lipinski definition) is 5. The van der Waals surface area contributed by atoms with E-state index in [9.17, 15) is 20.0 Å².